The zero-order valence-corrected chi connectivity index (χ0v) is 10.1. The van der Waals surface area contributed by atoms with Crippen molar-refractivity contribution in [3.8, 4) is 0 Å². The van der Waals surface area contributed by atoms with E-state index in [0.29, 0.717) is 18.5 Å². The topological polar surface area (TPSA) is 12.0 Å². The lowest BCUT2D eigenvalue weighted by molar-refractivity contribution is 0.577. The van der Waals surface area contributed by atoms with Gasteiger partial charge in [0.05, 0.1) is 0 Å². The Morgan fingerprint density at radius 1 is 1.12 bits per heavy atom. The highest BCUT2D eigenvalue weighted by molar-refractivity contribution is 7.09. The van der Waals surface area contributed by atoms with Crippen LogP contribution in [0.25, 0.3) is 0 Å². The van der Waals surface area contributed by atoms with E-state index < -0.39 is 11.6 Å². The third kappa shape index (κ3) is 3.91. The number of thiophene rings is 1. The van der Waals surface area contributed by atoms with Crippen molar-refractivity contribution in [2.75, 3.05) is 6.54 Å². The second kappa shape index (κ2) is 5.89. The Labute approximate surface area is 103 Å². The van der Waals surface area contributed by atoms with Gasteiger partial charge in [0, 0.05) is 17.5 Å². The lowest BCUT2D eigenvalue weighted by Crippen LogP contribution is -2.16. The summed E-state index contributed by atoms with van der Waals surface area (Å²) in [6.07, 6.45) is 0.625. The molecule has 0 unspecified atom stereocenters. The van der Waals surface area contributed by atoms with Crippen LogP contribution >= 0.6 is 11.3 Å². The Morgan fingerprint density at radius 3 is 2.53 bits per heavy atom. The van der Waals surface area contributed by atoms with Gasteiger partial charge in [0.2, 0.25) is 0 Å². The fourth-order valence-electron chi connectivity index (χ4n) is 1.61. The van der Waals surface area contributed by atoms with Gasteiger partial charge in [-0.3, -0.25) is 0 Å². The van der Waals surface area contributed by atoms with Crippen molar-refractivity contribution in [3.05, 3.63) is 57.8 Å². The Kier molecular flexibility index (Phi) is 4.23. The summed E-state index contributed by atoms with van der Waals surface area (Å²) in [5.74, 6) is -1.03. The van der Waals surface area contributed by atoms with Gasteiger partial charge in [-0.2, -0.15) is 0 Å². The van der Waals surface area contributed by atoms with E-state index in [4.69, 9.17) is 0 Å². The van der Waals surface area contributed by atoms with Crippen molar-refractivity contribution in [1.82, 2.24) is 5.32 Å². The van der Waals surface area contributed by atoms with Gasteiger partial charge in [-0.25, -0.2) is 8.78 Å². The summed E-state index contributed by atoms with van der Waals surface area (Å²) >= 11 is 1.69. The molecular weight excluding hydrogens is 240 g/mol. The van der Waals surface area contributed by atoms with E-state index in [1.165, 1.54) is 17.0 Å². The van der Waals surface area contributed by atoms with E-state index in [0.717, 1.165) is 12.6 Å². The second-order valence-corrected chi connectivity index (χ2v) is 4.82. The molecule has 0 saturated heterocycles. The molecule has 1 aromatic heterocycles. The highest BCUT2D eigenvalue weighted by Gasteiger charge is 2.00. The summed E-state index contributed by atoms with van der Waals surface area (Å²) in [7, 11) is 0. The van der Waals surface area contributed by atoms with Crippen LogP contribution in [0.2, 0.25) is 0 Å². The summed E-state index contributed by atoms with van der Waals surface area (Å²) in [4.78, 5) is 1.26. The summed E-state index contributed by atoms with van der Waals surface area (Å²) in [5, 5.41) is 5.27. The van der Waals surface area contributed by atoms with Gasteiger partial charge in [0.1, 0.15) is 11.6 Å². The quantitative estimate of drug-likeness (QED) is 0.806. The van der Waals surface area contributed by atoms with E-state index in [2.05, 4.69) is 11.4 Å². The predicted molar refractivity (Wildman–Crippen MR) is 66.1 cm³/mol. The monoisotopic (exact) mass is 253 g/mol. The number of nitrogens with one attached hydrogen (secondary N) is 1. The molecule has 0 saturated carbocycles. The second-order valence-electron chi connectivity index (χ2n) is 3.78. The van der Waals surface area contributed by atoms with Crippen LogP contribution in [0.1, 0.15) is 10.4 Å². The normalized spacial score (nSPS) is 10.7. The van der Waals surface area contributed by atoms with Crippen LogP contribution in [0.4, 0.5) is 8.78 Å². The first kappa shape index (κ1) is 12.2. The van der Waals surface area contributed by atoms with Crippen molar-refractivity contribution in [2.24, 2.45) is 0 Å². The van der Waals surface area contributed by atoms with Gasteiger partial charge in [0.25, 0.3) is 0 Å². The average Bonchev–Trinajstić information content (AvgIpc) is 2.76. The lowest BCUT2D eigenvalue weighted by atomic mass is 10.1. The van der Waals surface area contributed by atoms with Crippen LogP contribution in [0.15, 0.2) is 35.7 Å². The zero-order chi connectivity index (χ0) is 12.1. The maximum absolute atomic E-state index is 12.9. The van der Waals surface area contributed by atoms with Crippen LogP contribution in [0.3, 0.4) is 0 Å². The van der Waals surface area contributed by atoms with Gasteiger partial charge < -0.3 is 5.32 Å². The van der Waals surface area contributed by atoms with Crippen molar-refractivity contribution < 1.29 is 8.78 Å². The summed E-state index contributed by atoms with van der Waals surface area (Å²) < 4.78 is 25.8. The molecule has 0 spiro atoms. The molecule has 1 nitrogen and oxygen atoms in total. The minimum Gasteiger partial charge on any atom is -0.312 e. The van der Waals surface area contributed by atoms with Crippen molar-refractivity contribution in [3.63, 3.8) is 0 Å². The summed E-state index contributed by atoms with van der Waals surface area (Å²) in [5.41, 5.74) is 0.682. The Balaban J connectivity index is 1.78. The van der Waals surface area contributed by atoms with Gasteiger partial charge in [-0.1, -0.05) is 6.07 Å². The van der Waals surface area contributed by atoms with Crippen molar-refractivity contribution in [2.45, 2.75) is 13.0 Å². The summed E-state index contributed by atoms with van der Waals surface area (Å²) in [6, 6.07) is 7.69. The van der Waals surface area contributed by atoms with E-state index in [1.54, 1.807) is 11.3 Å². The molecule has 2 aromatic rings. The average molecular weight is 253 g/mol. The van der Waals surface area contributed by atoms with E-state index in [-0.39, 0.29) is 0 Å². The largest absolute Gasteiger partial charge is 0.312 e. The molecule has 2 rings (SSSR count). The molecule has 0 radical (unpaired) electrons. The smallest absolute Gasteiger partial charge is 0.126 e. The van der Waals surface area contributed by atoms with Crippen LogP contribution < -0.4 is 5.32 Å². The number of benzene rings is 1. The highest BCUT2D eigenvalue weighted by atomic mass is 32.1. The molecule has 1 N–H and O–H groups in total. The molecule has 1 heterocycles. The Hall–Kier alpha value is -1.26. The standard InChI is InChI=1S/C13H13F2NS/c14-11-6-10(7-12(15)8-11)3-4-16-9-13-2-1-5-17-13/h1-2,5-8,16H,3-4,9H2. The van der Waals surface area contributed by atoms with Crippen molar-refractivity contribution >= 4 is 11.3 Å². The van der Waals surface area contributed by atoms with Crippen LogP contribution in [-0.2, 0) is 13.0 Å². The molecule has 0 aliphatic heterocycles. The van der Waals surface area contributed by atoms with Gasteiger partial charge in [-0.05, 0) is 42.1 Å². The Bertz CT molecular complexity index is 448. The molecule has 1 aromatic carbocycles. The van der Waals surface area contributed by atoms with Gasteiger partial charge in [-0.15, -0.1) is 11.3 Å². The molecule has 0 fully saturated rings. The molecule has 17 heavy (non-hydrogen) atoms. The van der Waals surface area contributed by atoms with Crippen LogP contribution in [-0.4, -0.2) is 6.54 Å². The fourth-order valence-corrected chi connectivity index (χ4v) is 2.29. The predicted octanol–water partition coefficient (Wildman–Crippen LogP) is 3.36. The molecule has 0 aliphatic rings. The number of hydrogen-bond donors (Lipinski definition) is 1. The van der Waals surface area contributed by atoms with Gasteiger partial charge >= 0.3 is 0 Å². The highest BCUT2D eigenvalue weighted by Crippen LogP contribution is 2.09. The number of halogens is 2. The third-order valence-electron chi connectivity index (χ3n) is 2.39. The number of rotatable bonds is 5. The first-order valence-corrected chi connectivity index (χ1v) is 6.30. The molecule has 0 aliphatic carbocycles. The van der Waals surface area contributed by atoms with E-state index >= 15 is 0 Å². The molecular formula is C13H13F2NS. The van der Waals surface area contributed by atoms with Crippen LogP contribution in [0, 0.1) is 11.6 Å². The zero-order valence-electron chi connectivity index (χ0n) is 9.25. The molecule has 0 bridgehead atoms. The lowest BCUT2D eigenvalue weighted by Gasteiger charge is -2.04. The maximum Gasteiger partial charge on any atom is 0.126 e. The summed E-state index contributed by atoms with van der Waals surface area (Å²) in [6.45, 7) is 1.51. The minimum absolute atomic E-state index is 0.516. The Morgan fingerprint density at radius 2 is 1.88 bits per heavy atom. The SMILES string of the molecule is Fc1cc(F)cc(CCNCc2cccs2)c1. The number of hydrogen-bond acceptors (Lipinski definition) is 2. The van der Waals surface area contributed by atoms with E-state index in [9.17, 15) is 8.78 Å². The maximum atomic E-state index is 12.9. The third-order valence-corrected chi connectivity index (χ3v) is 3.27. The van der Waals surface area contributed by atoms with E-state index in [1.807, 2.05) is 11.4 Å². The van der Waals surface area contributed by atoms with Gasteiger partial charge in [0.15, 0.2) is 0 Å². The minimum atomic E-state index is -0.516. The molecule has 0 amide bonds. The first-order chi connectivity index (χ1) is 8.24. The molecule has 0 atom stereocenters. The molecule has 90 valence electrons. The fraction of sp³-hybridized carbons (Fsp3) is 0.231. The molecule has 4 heteroatoms. The van der Waals surface area contributed by atoms with Crippen molar-refractivity contribution in [1.29, 1.82) is 0 Å². The first-order valence-electron chi connectivity index (χ1n) is 5.42. The van der Waals surface area contributed by atoms with Crippen LogP contribution in [0.5, 0.6) is 0 Å².